The van der Waals surface area contributed by atoms with E-state index in [2.05, 4.69) is 10.0 Å². The van der Waals surface area contributed by atoms with Gasteiger partial charge in [0, 0.05) is 18.8 Å². The Balaban J connectivity index is 2.24. The van der Waals surface area contributed by atoms with E-state index in [1.807, 2.05) is 33.0 Å². The SMILES string of the molecule is CNc1cc(C)c(S(=O)(=O)NC2CCC(O)CC2)c(C)c1. The van der Waals surface area contributed by atoms with Crippen molar-refractivity contribution in [3.8, 4) is 0 Å². The molecule has 1 aromatic carbocycles. The number of aliphatic hydroxyl groups excluding tert-OH is 1. The average molecular weight is 312 g/mol. The quantitative estimate of drug-likeness (QED) is 0.794. The number of aryl methyl sites for hydroxylation is 2. The Hall–Kier alpha value is -1.11. The molecular weight excluding hydrogens is 288 g/mol. The monoisotopic (exact) mass is 312 g/mol. The summed E-state index contributed by atoms with van der Waals surface area (Å²) in [6.07, 6.45) is 2.40. The molecule has 1 saturated carbocycles. The number of nitrogens with one attached hydrogen (secondary N) is 2. The molecule has 0 heterocycles. The lowest BCUT2D eigenvalue weighted by Crippen LogP contribution is -2.39. The molecule has 0 saturated heterocycles. The maximum Gasteiger partial charge on any atom is 0.241 e. The highest BCUT2D eigenvalue weighted by atomic mass is 32.2. The van der Waals surface area contributed by atoms with Crippen LogP contribution in [0.2, 0.25) is 0 Å². The van der Waals surface area contributed by atoms with Crippen molar-refractivity contribution in [1.29, 1.82) is 0 Å². The standard InChI is InChI=1S/C15H24N2O3S/c1-10-8-13(16-3)9-11(2)15(10)21(19,20)17-12-4-6-14(18)7-5-12/h8-9,12,14,16-18H,4-7H2,1-3H3. The zero-order valence-electron chi connectivity index (χ0n) is 12.8. The van der Waals surface area contributed by atoms with Crippen molar-refractivity contribution >= 4 is 15.7 Å². The van der Waals surface area contributed by atoms with E-state index in [4.69, 9.17) is 0 Å². The molecular formula is C15H24N2O3S. The van der Waals surface area contributed by atoms with Crippen LogP contribution in [-0.4, -0.2) is 32.7 Å². The van der Waals surface area contributed by atoms with E-state index in [9.17, 15) is 13.5 Å². The van der Waals surface area contributed by atoms with Crippen LogP contribution in [0, 0.1) is 13.8 Å². The lowest BCUT2D eigenvalue weighted by atomic mass is 9.94. The summed E-state index contributed by atoms with van der Waals surface area (Å²) in [5.74, 6) is 0. The summed E-state index contributed by atoms with van der Waals surface area (Å²) in [4.78, 5) is 0.368. The fourth-order valence-corrected chi connectivity index (χ4v) is 4.75. The zero-order chi connectivity index (χ0) is 15.6. The second-order valence-corrected chi connectivity index (χ2v) is 7.47. The molecule has 5 nitrogen and oxygen atoms in total. The summed E-state index contributed by atoms with van der Waals surface area (Å²) < 4.78 is 28.1. The van der Waals surface area contributed by atoms with E-state index in [-0.39, 0.29) is 12.1 Å². The van der Waals surface area contributed by atoms with Crippen molar-refractivity contribution in [3.05, 3.63) is 23.3 Å². The second kappa shape index (κ2) is 6.34. The topological polar surface area (TPSA) is 78.4 Å². The van der Waals surface area contributed by atoms with Crippen molar-refractivity contribution in [1.82, 2.24) is 4.72 Å². The highest BCUT2D eigenvalue weighted by Crippen LogP contribution is 2.26. The van der Waals surface area contributed by atoms with Crippen molar-refractivity contribution in [2.75, 3.05) is 12.4 Å². The van der Waals surface area contributed by atoms with Crippen molar-refractivity contribution in [3.63, 3.8) is 0 Å². The lowest BCUT2D eigenvalue weighted by molar-refractivity contribution is 0.120. The maximum absolute atomic E-state index is 12.6. The van der Waals surface area contributed by atoms with Crippen LogP contribution < -0.4 is 10.0 Å². The Labute approximate surface area is 126 Å². The van der Waals surface area contributed by atoms with Crippen molar-refractivity contribution in [2.45, 2.75) is 56.6 Å². The van der Waals surface area contributed by atoms with Gasteiger partial charge in [0.15, 0.2) is 0 Å². The normalized spacial score (nSPS) is 23.0. The summed E-state index contributed by atoms with van der Waals surface area (Å²) in [5.41, 5.74) is 2.38. The number of aliphatic hydroxyl groups is 1. The van der Waals surface area contributed by atoms with Crippen LogP contribution in [0.25, 0.3) is 0 Å². The Morgan fingerprint density at radius 1 is 1.10 bits per heavy atom. The van der Waals surface area contributed by atoms with Crippen LogP contribution in [0.4, 0.5) is 5.69 Å². The number of benzene rings is 1. The number of sulfonamides is 1. The van der Waals surface area contributed by atoms with Gasteiger partial charge in [-0.1, -0.05) is 0 Å². The van der Waals surface area contributed by atoms with Crippen LogP contribution in [0.1, 0.15) is 36.8 Å². The number of hydrogen-bond donors (Lipinski definition) is 3. The smallest absolute Gasteiger partial charge is 0.241 e. The molecule has 0 spiro atoms. The van der Waals surface area contributed by atoms with Crippen LogP contribution in [-0.2, 0) is 10.0 Å². The number of rotatable bonds is 4. The molecule has 2 rings (SSSR count). The minimum absolute atomic E-state index is 0.0822. The van der Waals surface area contributed by atoms with Crippen molar-refractivity contribution in [2.24, 2.45) is 0 Å². The van der Waals surface area contributed by atoms with Crippen LogP contribution in [0.3, 0.4) is 0 Å². The third-order valence-electron chi connectivity index (χ3n) is 4.04. The summed E-state index contributed by atoms with van der Waals surface area (Å²) in [6, 6.07) is 3.60. The summed E-state index contributed by atoms with van der Waals surface area (Å²) >= 11 is 0. The third kappa shape index (κ3) is 3.75. The zero-order valence-corrected chi connectivity index (χ0v) is 13.6. The van der Waals surface area contributed by atoms with Gasteiger partial charge in [-0.25, -0.2) is 13.1 Å². The second-order valence-electron chi connectivity index (χ2n) is 5.82. The molecule has 0 unspecified atom stereocenters. The van der Waals surface area contributed by atoms with Crippen LogP contribution in [0.15, 0.2) is 17.0 Å². The Kier molecular flexibility index (Phi) is 4.91. The van der Waals surface area contributed by atoms with Crippen LogP contribution >= 0.6 is 0 Å². The minimum Gasteiger partial charge on any atom is -0.393 e. The Bertz CT molecular complexity index is 582. The fraction of sp³-hybridized carbons (Fsp3) is 0.600. The largest absolute Gasteiger partial charge is 0.393 e. The van der Waals surface area contributed by atoms with Gasteiger partial charge in [-0.05, 0) is 62.8 Å². The molecule has 1 aliphatic rings. The molecule has 0 radical (unpaired) electrons. The number of anilines is 1. The van der Waals surface area contributed by atoms with Crippen LogP contribution in [0.5, 0.6) is 0 Å². The van der Waals surface area contributed by atoms with E-state index in [1.54, 1.807) is 0 Å². The van der Waals surface area contributed by atoms with Gasteiger partial charge in [0.25, 0.3) is 0 Å². The predicted molar refractivity (Wildman–Crippen MR) is 84.0 cm³/mol. The van der Waals surface area contributed by atoms with Gasteiger partial charge < -0.3 is 10.4 Å². The molecule has 0 amide bonds. The van der Waals surface area contributed by atoms with Crippen molar-refractivity contribution < 1.29 is 13.5 Å². The van der Waals surface area contributed by atoms with E-state index >= 15 is 0 Å². The van der Waals surface area contributed by atoms with E-state index in [1.165, 1.54) is 0 Å². The Morgan fingerprint density at radius 3 is 2.10 bits per heavy atom. The summed E-state index contributed by atoms with van der Waals surface area (Å²) in [5, 5.41) is 12.5. The first-order valence-corrected chi connectivity index (χ1v) is 8.81. The highest BCUT2D eigenvalue weighted by Gasteiger charge is 2.27. The molecule has 0 atom stereocenters. The lowest BCUT2D eigenvalue weighted by Gasteiger charge is -2.26. The van der Waals surface area contributed by atoms with E-state index < -0.39 is 10.0 Å². The van der Waals surface area contributed by atoms with Gasteiger partial charge in [0.05, 0.1) is 11.0 Å². The molecule has 6 heteroatoms. The molecule has 1 aliphatic carbocycles. The molecule has 118 valence electrons. The molecule has 1 aromatic rings. The molecule has 3 N–H and O–H groups in total. The number of hydrogen-bond acceptors (Lipinski definition) is 4. The maximum atomic E-state index is 12.6. The van der Waals surface area contributed by atoms with Gasteiger partial charge >= 0.3 is 0 Å². The summed E-state index contributed by atoms with van der Waals surface area (Å²) in [6.45, 7) is 3.63. The third-order valence-corrected chi connectivity index (χ3v) is 5.86. The molecule has 1 fully saturated rings. The minimum atomic E-state index is -3.52. The van der Waals surface area contributed by atoms with Gasteiger partial charge in [-0.3, -0.25) is 0 Å². The molecule has 0 aromatic heterocycles. The summed E-state index contributed by atoms with van der Waals surface area (Å²) in [7, 11) is -1.71. The Morgan fingerprint density at radius 2 is 1.62 bits per heavy atom. The molecule has 0 aliphatic heterocycles. The molecule has 21 heavy (non-hydrogen) atoms. The van der Waals surface area contributed by atoms with E-state index in [0.29, 0.717) is 30.6 Å². The fourth-order valence-electron chi connectivity index (χ4n) is 2.99. The van der Waals surface area contributed by atoms with Gasteiger partial charge in [-0.2, -0.15) is 0 Å². The first kappa shape index (κ1) is 16.3. The molecule has 0 bridgehead atoms. The average Bonchev–Trinajstić information content (AvgIpc) is 2.39. The van der Waals surface area contributed by atoms with Gasteiger partial charge in [0.1, 0.15) is 0 Å². The van der Waals surface area contributed by atoms with E-state index in [0.717, 1.165) is 16.8 Å². The van der Waals surface area contributed by atoms with Gasteiger partial charge in [-0.15, -0.1) is 0 Å². The van der Waals surface area contributed by atoms with Gasteiger partial charge in [0.2, 0.25) is 10.0 Å². The highest BCUT2D eigenvalue weighted by molar-refractivity contribution is 7.89. The first-order valence-electron chi connectivity index (χ1n) is 7.33. The first-order chi connectivity index (χ1) is 9.83. The predicted octanol–water partition coefficient (Wildman–Crippen LogP) is 1.93.